The predicted molar refractivity (Wildman–Crippen MR) is 81.6 cm³/mol. The summed E-state index contributed by atoms with van der Waals surface area (Å²) in [5.74, 6) is 0. The number of ether oxygens (including phenoxy) is 1. The Bertz CT molecular complexity index is 371. The molecule has 0 spiro atoms. The van der Waals surface area contributed by atoms with Gasteiger partial charge >= 0.3 is 0 Å². The molecule has 108 valence electrons. The molecular weight excluding hydrogens is 260 g/mol. The fourth-order valence-electron chi connectivity index (χ4n) is 1.82. The van der Waals surface area contributed by atoms with Gasteiger partial charge in [0.15, 0.2) is 0 Å². The zero-order chi connectivity index (χ0) is 14.3. The number of hydrogen-bond donors (Lipinski definition) is 1. The molecule has 1 aromatic carbocycles. The van der Waals surface area contributed by atoms with Gasteiger partial charge in [0.05, 0.1) is 12.7 Å². The molecule has 1 unspecified atom stereocenters. The first-order valence-corrected chi connectivity index (χ1v) is 7.18. The topological polar surface area (TPSA) is 38.5 Å². The van der Waals surface area contributed by atoms with Gasteiger partial charge in [-0.3, -0.25) is 0 Å². The Balaban J connectivity index is 2.27. The van der Waals surface area contributed by atoms with Crippen LogP contribution >= 0.6 is 11.6 Å². The molecule has 1 atom stereocenters. The van der Waals surface area contributed by atoms with Gasteiger partial charge in [-0.2, -0.15) is 0 Å². The second-order valence-electron chi connectivity index (χ2n) is 5.17. The first-order valence-electron chi connectivity index (χ1n) is 6.80. The quantitative estimate of drug-likeness (QED) is 0.797. The van der Waals surface area contributed by atoms with Gasteiger partial charge < -0.3 is 15.4 Å². The lowest BCUT2D eigenvalue weighted by atomic mass is 10.0. The predicted octanol–water partition coefficient (Wildman–Crippen LogP) is 3.09. The standard InChI is InChI=1S/C15H25ClN2O/c1-12(2)19-10-9-18(3)8-7-15(17)13-5-4-6-14(16)11-13/h4-6,11-12,15H,7-10,17H2,1-3H3. The van der Waals surface area contributed by atoms with Crippen molar-refractivity contribution in [1.82, 2.24) is 4.90 Å². The molecule has 0 saturated carbocycles. The Labute approximate surface area is 121 Å². The molecule has 0 aliphatic heterocycles. The van der Waals surface area contributed by atoms with Gasteiger partial charge in [-0.05, 0) is 51.6 Å². The van der Waals surface area contributed by atoms with E-state index in [1.165, 1.54) is 0 Å². The van der Waals surface area contributed by atoms with Crippen LogP contribution in [-0.2, 0) is 4.74 Å². The summed E-state index contributed by atoms with van der Waals surface area (Å²) < 4.78 is 5.53. The summed E-state index contributed by atoms with van der Waals surface area (Å²) in [7, 11) is 2.09. The second-order valence-corrected chi connectivity index (χ2v) is 5.61. The normalized spacial score (nSPS) is 13.2. The first kappa shape index (κ1) is 16.4. The minimum atomic E-state index is 0.0344. The van der Waals surface area contributed by atoms with Gasteiger partial charge in [0.25, 0.3) is 0 Å². The van der Waals surface area contributed by atoms with Crippen LogP contribution in [0.25, 0.3) is 0 Å². The third-order valence-corrected chi connectivity index (χ3v) is 3.26. The minimum absolute atomic E-state index is 0.0344. The lowest BCUT2D eigenvalue weighted by Crippen LogP contribution is -2.27. The Hall–Kier alpha value is -0.610. The molecule has 0 amide bonds. The van der Waals surface area contributed by atoms with Crippen molar-refractivity contribution in [2.75, 3.05) is 26.7 Å². The monoisotopic (exact) mass is 284 g/mol. The summed E-state index contributed by atoms with van der Waals surface area (Å²) in [6.07, 6.45) is 1.21. The molecule has 3 nitrogen and oxygen atoms in total. The van der Waals surface area contributed by atoms with Crippen molar-refractivity contribution in [2.24, 2.45) is 5.73 Å². The van der Waals surface area contributed by atoms with E-state index in [9.17, 15) is 0 Å². The van der Waals surface area contributed by atoms with Crippen molar-refractivity contribution in [2.45, 2.75) is 32.4 Å². The van der Waals surface area contributed by atoms with E-state index in [0.717, 1.165) is 36.7 Å². The average molecular weight is 285 g/mol. The van der Waals surface area contributed by atoms with Crippen LogP contribution in [0.4, 0.5) is 0 Å². The van der Waals surface area contributed by atoms with Gasteiger partial charge in [0.2, 0.25) is 0 Å². The van der Waals surface area contributed by atoms with Crippen molar-refractivity contribution in [1.29, 1.82) is 0 Å². The Morgan fingerprint density at radius 1 is 1.32 bits per heavy atom. The van der Waals surface area contributed by atoms with Crippen molar-refractivity contribution >= 4 is 11.6 Å². The van der Waals surface area contributed by atoms with E-state index < -0.39 is 0 Å². The van der Waals surface area contributed by atoms with Crippen LogP contribution in [0.3, 0.4) is 0 Å². The fourth-order valence-corrected chi connectivity index (χ4v) is 2.02. The van der Waals surface area contributed by atoms with Crippen LogP contribution in [0.15, 0.2) is 24.3 Å². The molecule has 0 radical (unpaired) electrons. The van der Waals surface area contributed by atoms with Gasteiger partial charge in [-0.25, -0.2) is 0 Å². The van der Waals surface area contributed by atoms with E-state index in [1.54, 1.807) is 0 Å². The van der Waals surface area contributed by atoms with Gasteiger partial charge in [-0.1, -0.05) is 23.7 Å². The summed E-state index contributed by atoms with van der Waals surface area (Å²) in [6, 6.07) is 7.81. The maximum atomic E-state index is 6.17. The number of nitrogens with two attached hydrogens (primary N) is 1. The summed E-state index contributed by atoms with van der Waals surface area (Å²) in [6.45, 7) is 6.75. The van der Waals surface area contributed by atoms with Crippen LogP contribution in [0.2, 0.25) is 5.02 Å². The molecule has 0 aliphatic rings. The molecule has 1 aromatic rings. The second kappa shape index (κ2) is 8.54. The van der Waals surface area contributed by atoms with E-state index in [1.807, 2.05) is 24.3 Å². The fraction of sp³-hybridized carbons (Fsp3) is 0.600. The summed E-state index contributed by atoms with van der Waals surface area (Å²) in [5.41, 5.74) is 7.27. The number of halogens is 1. The van der Waals surface area contributed by atoms with E-state index in [-0.39, 0.29) is 6.04 Å². The lowest BCUT2D eigenvalue weighted by molar-refractivity contribution is 0.0634. The SMILES string of the molecule is CC(C)OCCN(C)CCC(N)c1cccc(Cl)c1. The lowest BCUT2D eigenvalue weighted by Gasteiger charge is -2.20. The highest BCUT2D eigenvalue weighted by Crippen LogP contribution is 2.18. The highest BCUT2D eigenvalue weighted by molar-refractivity contribution is 6.30. The molecule has 1 rings (SSSR count). The molecule has 0 fully saturated rings. The zero-order valence-electron chi connectivity index (χ0n) is 12.1. The Morgan fingerprint density at radius 2 is 2.05 bits per heavy atom. The molecule has 4 heteroatoms. The number of benzene rings is 1. The number of rotatable bonds is 8. The molecule has 0 bridgehead atoms. The van der Waals surface area contributed by atoms with E-state index in [4.69, 9.17) is 22.1 Å². The summed E-state index contributed by atoms with van der Waals surface area (Å²) >= 11 is 5.97. The van der Waals surface area contributed by atoms with Crippen LogP contribution in [0, 0.1) is 0 Å². The number of hydrogen-bond acceptors (Lipinski definition) is 3. The van der Waals surface area contributed by atoms with Crippen molar-refractivity contribution in [3.8, 4) is 0 Å². The average Bonchev–Trinajstić information content (AvgIpc) is 2.35. The highest BCUT2D eigenvalue weighted by Gasteiger charge is 2.08. The molecule has 0 aliphatic carbocycles. The Morgan fingerprint density at radius 3 is 2.68 bits per heavy atom. The largest absolute Gasteiger partial charge is 0.377 e. The van der Waals surface area contributed by atoms with Gasteiger partial charge in [0.1, 0.15) is 0 Å². The molecule has 19 heavy (non-hydrogen) atoms. The number of nitrogens with zero attached hydrogens (tertiary/aromatic N) is 1. The number of likely N-dealkylation sites (N-methyl/N-ethyl adjacent to an activating group) is 1. The van der Waals surface area contributed by atoms with E-state index >= 15 is 0 Å². The smallest absolute Gasteiger partial charge is 0.0596 e. The van der Waals surface area contributed by atoms with Crippen molar-refractivity contribution in [3.05, 3.63) is 34.9 Å². The molecule has 0 saturated heterocycles. The van der Waals surface area contributed by atoms with Crippen molar-refractivity contribution in [3.63, 3.8) is 0 Å². The summed E-state index contributed by atoms with van der Waals surface area (Å²) in [5, 5.41) is 0.742. The minimum Gasteiger partial charge on any atom is -0.377 e. The van der Waals surface area contributed by atoms with Crippen LogP contribution in [0.1, 0.15) is 31.9 Å². The van der Waals surface area contributed by atoms with E-state index in [0.29, 0.717) is 6.10 Å². The molecule has 0 heterocycles. The molecule has 2 N–H and O–H groups in total. The van der Waals surface area contributed by atoms with Gasteiger partial charge in [0, 0.05) is 17.6 Å². The van der Waals surface area contributed by atoms with Crippen LogP contribution < -0.4 is 5.73 Å². The van der Waals surface area contributed by atoms with Crippen LogP contribution in [0.5, 0.6) is 0 Å². The first-order chi connectivity index (χ1) is 8.99. The highest BCUT2D eigenvalue weighted by atomic mass is 35.5. The maximum Gasteiger partial charge on any atom is 0.0596 e. The van der Waals surface area contributed by atoms with Crippen molar-refractivity contribution < 1.29 is 4.74 Å². The molecule has 0 aromatic heterocycles. The van der Waals surface area contributed by atoms with E-state index in [2.05, 4.69) is 25.8 Å². The Kier molecular flexibility index (Phi) is 7.39. The third-order valence-electron chi connectivity index (χ3n) is 3.02. The summed E-state index contributed by atoms with van der Waals surface area (Å²) in [4.78, 5) is 2.24. The van der Waals surface area contributed by atoms with Gasteiger partial charge in [-0.15, -0.1) is 0 Å². The molecular formula is C15H25ClN2O. The van der Waals surface area contributed by atoms with Crippen LogP contribution in [-0.4, -0.2) is 37.7 Å². The maximum absolute atomic E-state index is 6.17. The third kappa shape index (κ3) is 6.92. The zero-order valence-corrected chi connectivity index (χ0v) is 12.9.